The highest BCUT2D eigenvalue weighted by atomic mass is 32.2. The Kier molecular flexibility index (Phi) is 7.75. The quantitative estimate of drug-likeness (QED) is 0.385. The van der Waals surface area contributed by atoms with Gasteiger partial charge in [-0.15, -0.1) is 10.2 Å². The van der Waals surface area contributed by atoms with Gasteiger partial charge in [0.05, 0.1) is 18.9 Å². The minimum absolute atomic E-state index is 0.312. The lowest BCUT2D eigenvalue weighted by Crippen LogP contribution is -2.33. The first-order valence-electron chi connectivity index (χ1n) is 12.7. The molecule has 0 saturated carbocycles. The molecule has 3 heterocycles. The third kappa shape index (κ3) is 5.74. The third-order valence-corrected chi connectivity index (χ3v) is 8.30. The summed E-state index contributed by atoms with van der Waals surface area (Å²) in [6, 6.07) is 15.0. The highest BCUT2D eigenvalue weighted by Gasteiger charge is 2.28. The van der Waals surface area contributed by atoms with E-state index in [-0.39, 0.29) is 0 Å². The van der Waals surface area contributed by atoms with Crippen molar-refractivity contribution in [1.29, 1.82) is 0 Å². The molecule has 2 aliphatic rings. The molecule has 2 saturated heterocycles. The van der Waals surface area contributed by atoms with Crippen LogP contribution in [0.5, 0.6) is 5.75 Å². The van der Waals surface area contributed by atoms with Gasteiger partial charge in [0.2, 0.25) is 0 Å². The van der Waals surface area contributed by atoms with E-state index in [4.69, 9.17) is 14.6 Å². The van der Waals surface area contributed by atoms with Crippen molar-refractivity contribution in [2.24, 2.45) is 0 Å². The minimum Gasteiger partial charge on any atom is -0.497 e. The Balaban J connectivity index is 1.33. The fraction of sp³-hybridized carbons (Fsp3) is 0.500. The first kappa shape index (κ1) is 24.3. The normalized spacial score (nSPS) is 19.3. The van der Waals surface area contributed by atoms with Gasteiger partial charge in [0.15, 0.2) is 5.16 Å². The highest BCUT2D eigenvalue weighted by molar-refractivity contribution is 7.99. The molecule has 0 spiro atoms. The van der Waals surface area contributed by atoms with E-state index in [2.05, 4.69) is 58.7 Å². The molecule has 0 bridgehead atoms. The van der Waals surface area contributed by atoms with Crippen molar-refractivity contribution in [3.8, 4) is 11.4 Å². The number of rotatable bonds is 8. The zero-order chi connectivity index (χ0) is 24.2. The van der Waals surface area contributed by atoms with Gasteiger partial charge in [0.1, 0.15) is 11.6 Å². The van der Waals surface area contributed by atoms with Gasteiger partial charge in [0, 0.05) is 30.9 Å². The Morgan fingerprint density at radius 3 is 2.66 bits per heavy atom. The van der Waals surface area contributed by atoms with Crippen LogP contribution >= 0.6 is 11.8 Å². The Bertz CT molecular complexity index is 1130. The zero-order valence-electron chi connectivity index (χ0n) is 21.1. The zero-order valence-corrected chi connectivity index (χ0v) is 21.9. The van der Waals surface area contributed by atoms with E-state index < -0.39 is 0 Å². The molecule has 1 unspecified atom stereocenters. The van der Waals surface area contributed by atoms with Crippen LogP contribution in [-0.2, 0) is 11.3 Å². The van der Waals surface area contributed by atoms with Crippen LogP contribution in [0.25, 0.3) is 5.69 Å². The third-order valence-electron chi connectivity index (χ3n) is 7.24. The Labute approximate surface area is 213 Å². The van der Waals surface area contributed by atoms with Crippen LogP contribution < -0.4 is 4.74 Å². The molecule has 186 valence electrons. The van der Waals surface area contributed by atoms with Crippen molar-refractivity contribution in [3.63, 3.8) is 0 Å². The Hall–Kier alpha value is -2.35. The summed E-state index contributed by atoms with van der Waals surface area (Å²) >= 11 is 1.76. The van der Waals surface area contributed by atoms with Crippen molar-refractivity contribution in [3.05, 3.63) is 65.0 Å². The van der Waals surface area contributed by atoms with Crippen molar-refractivity contribution in [2.75, 3.05) is 32.6 Å². The molecule has 0 N–H and O–H groups in total. The Morgan fingerprint density at radius 1 is 1.06 bits per heavy atom. The van der Waals surface area contributed by atoms with Crippen molar-refractivity contribution >= 4 is 11.8 Å². The number of likely N-dealkylation sites (tertiary alicyclic amines) is 1. The van der Waals surface area contributed by atoms with Gasteiger partial charge < -0.3 is 9.47 Å². The molecule has 5 rings (SSSR count). The van der Waals surface area contributed by atoms with E-state index >= 15 is 0 Å². The summed E-state index contributed by atoms with van der Waals surface area (Å²) in [6.45, 7) is 8.42. The van der Waals surface area contributed by atoms with Gasteiger partial charge >= 0.3 is 0 Å². The smallest absolute Gasteiger partial charge is 0.195 e. The lowest BCUT2D eigenvalue weighted by Gasteiger charge is -2.32. The first-order chi connectivity index (χ1) is 17.1. The summed E-state index contributed by atoms with van der Waals surface area (Å²) in [4.78, 5) is 2.58. The monoisotopic (exact) mass is 492 g/mol. The summed E-state index contributed by atoms with van der Waals surface area (Å²) in [5.41, 5.74) is 5.21. The second-order valence-electron chi connectivity index (χ2n) is 9.80. The van der Waals surface area contributed by atoms with Crippen molar-refractivity contribution in [1.82, 2.24) is 19.7 Å². The number of methoxy groups -OCH3 is 1. The minimum atomic E-state index is 0.312. The molecule has 0 amide bonds. The molecule has 0 aliphatic carbocycles. The molecule has 2 aliphatic heterocycles. The fourth-order valence-electron chi connectivity index (χ4n) is 5.19. The molecule has 1 atom stereocenters. The van der Waals surface area contributed by atoms with Crippen LogP contribution in [0, 0.1) is 13.8 Å². The summed E-state index contributed by atoms with van der Waals surface area (Å²) in [5.74, 6) is 3.22. The van der Waals surface area contributed by atoms with Crippen LogP contribution in [0.2, 0.25) is 0 Å². The molecule has 7 heteroatoms. The summed E-state index contributed by atoms with van der Waals surface area (Å²) < 4.78 is 13.6. The van der Waals surface area contributed by atoms with Crippen molar-refractivity contribution < 1.29 is 9.47 Å². The van der Waals surface area contributed by atoms with Crippen LogP contribution in [0.4, 0.5) is 0 Å². The van der Waals surface area contributed by atoms with Crippen molar-refractivity contribution in [2.45, 2.75) is 63.3 Å². The second-order valence-corrected chi connectivity index (χ2v) is 10.8. The molecule has 3 aromatic rings. The highest BCUT2D eigenvalue weighted by Crippen LogP contribution is 2.34. The molecular formula is C28H36N4O2S. The average molecular weight is 493 g/mol. The SMILES string of the molecule is COc1cccc(-n2c(SCC3CCCO3)nnc2C2CCN(Cc3ccc(C)cc3C)CC2)c1. The fourth-order valence-corrected chi connectivity index (χ4v) is 6.21. The molecular weight excluding hydrogens is 456 g/mol. The molecule has 1 aromatic heterocycles. The Morgan fingerprint density at radius 2 is 1.91 bits per heavy atom. The number of nitrogens with zero attached hydrogens (tertiary/aromatic N) is 4. The van der Waals surface area contributed by atoms with Gasteiger partial charge in [-0.3, -0.25) is 9.47 Å². The van der Waals surface area contributed by atoms with E-state index in [9.17, 15) is 0 Å². The van der Waals surface area contributed by atoms with Gasteiger partial charge in [0.25, 0.3) is 0 Å². The lowest BCUT2D eigenvalue weighted by atomic mass is 9.95. The largest absolute Gasteiger partial charge is 0.497 e. The second kappa shape index (κ2) is 11.1. The number of aromatic nitrogens is 3. The van der Waals surface area contributed by atoms with Crippen LogP contribution in [-0.4, -0.2) is 58.3 Å². The van der Waals surface area contributed by atoms with E-state index in [1.54, 1.807) is 18.9 Å². The van der Waals surface area contributed by atoms with Crippen LogP contribution in [0.3, 0.4) is 0 Å². The number of hydrogen-bond acceptors (Lipinski definition) is 6. The number of ether oxygens (including phenoxy) is 2. The van der Waals surface area contributed by atoms with Crippen LogP contribution in [0.1, 0.15) is 54.1 Å². The maximum Gasteiger partial charge on any atom is 0.195 e. The molecule has 6 nitrogen and oxygen atoms in total. The molecule has 2 aromatic carbocycles. The number of hydrogen-bond donors (Lipinski definition) is 0. The van der Waals surface area contributed by atoms with E-state index in [1.807, 2.05) is 12.1 Å². The maximum absolute atomic E-state index is 5.85. The van der Waals surface area contributed by atoms with E-state index in [0.29, 0.717) is 12.0 Å². The first-order valence-corrected chi connectivity index (χ1v) is 13.7. The number of benzene rings is 2. The standard InChI is InChI=1S/C28H36N4O2S/c1-20-9-10-23(21(2)16-20)18-31-13-11-22(12-14-31)27-29-30-28(35-19-26-8-5-15-34-26)32(27)24-6-4-7-25(17-24)33-3/h4,6-7,9-10,16-17,22,26H,5,8,11-15,18-19H2,1-3H3. The van der Waals surface area contributed by atoms with Crippen LogP contribution in [0.15, 0.2) is 47.6 Å². The molecule has 0 radical (unpaired) electrons. The number of piperidine rings is 1. The number of thioether (sulfide) groups is 1. The van der Waals surface area contributed by atoms with Gasteiger partial charge in [-0.25, -0.2) is 0 Å². The summed E-state index contributed by atoms with van der Waals surface area (Å²) in [5, 5.41) is 10.3. The molecule has 35 heavy (non-hydrogen) atoms. The van der Waals surface area contributed by atoms with Gasteiger partial charge in [-0.2, -0.15) is 0 Å². The summed E-state index contributed by atoms with van der Waals surface area (Å²) in [7, 11) is 1.71. The van der Waals surface area contributed by atoms with Gasteiger partial charge in [-0.1, -0.05) is 41.6 Å². The number of aryl methyl sites for hydroxylation is 2. The van der Waals surface area contributed by atoms with E-state index in [1.165, 1.54) is 16.7 Å². The lowest BCUT2D eigenvalue weighted by molar-refractivity contribution is 0.129. The van der Waals surface area contributed by atoms with E-state index in [0.717, 1.165) is 80.1 Å². The predicted octanol–water partition coefficient (Wildman–Crippen LogP) is 5.54. The summed E-state index contributed by atoms with van der Waals surface area (Å²) in [6.07, 6.45) is 4.77. The maximum atomic E-state index is 5.85. The van der Waals surface area contributed by atoms with Gasteiger partial charge in [-0.05, 0) is 75.9 Å². The topological polar surface area (TPSA) is 52.4 Å². The average Bonchev–Trinajstić information content (AvgIpc) is 3.55. The predicted molar refractivity (Wildman–Crippen MR) is 141 cm³/mol. The molecule has 2 fully saturated rings.